The van der Waals surface area contributed by atoms with Gasteiger partial charge in [0.1, 0.15) is 0 Å². The molecule has 0 amide bonds. The summed E-state index contributed by atoms with van der Waals surface area (Å²) in [5, 5.41) is 3.91. The molecule has 0 heterocycles. The lowest BCUT2D eigenvalue weighted by molar-refractivity contribution is 0.141. The van der Waals surface area contributed by atoms with E-state index in [0.717, 1.165) is 23.3 Å². The van der Waals surface area contributed by atoms with Gasteiger partial charge in [0.25, 0.3) is 0 Å². The van der Waals surface area contributed by atoms with Crippen molar-refractivity contribution < 1.29 is 0 Å². The first-order chi connectivity index (χ1) is 8.31. The van der Waals surface area contributed by atoms with Crippen LogP contribution in [0.15, 0.2) is 0 Å². The van der Waals surface area contributed by atoms with Crippen molar-refractivity contribution in [2.24, 2.45) is 17.3 Å². The third-order valence-electron chi connectivity index (χ3n) is 6.01. The van der Waals surface area contributed by atoms with Crippen LogP contribution in [0.4, 0.5) is 0 Å². The van der Waals surface area contributed by atoms with E-state index in [1.807, 2.05) is 0 Å². The second kappa shape index (κ2) is 4.91. The van der Waals surface area contributed by atoms with Crippen LogP contribution in [-0.2, 0) is 0 Å². The first kappa shape index (κ1) is 12.0. The van der Waals surface area contributed by atoms with E-state index in [-0.39, 0.29) is 0 Å². The van der Waals surface area contributed by atoms with Crippen molar-refractivity contribution in [2.45, 2.75) is 77.2 Å². The summed E-state index contributed by atoms with van der Waals surface area (Å²) in [6, 6.07) is 0.860. The lowest BCUT2D eigenvalue weighted by Crippen LogP contribution is -2.41. The molecule has 3 aliphatic carbocycles. The van der Waals surface area contributed by atoms with Crippen molar-refractivity contribution in [3.05, 3.63) is 0 Å². The smallest absolute Gasteiger partial charge is 0.00701 e. The highest BCUT2D eigenvalue weighted by molar-refractivity contribution is 4.95. The monoisotopic (exact) mass is 235 g/mol. The Morgan fingerprint density at radius 3 is 2.47 bits per heavy atom. The van der Waals surface area contributed by atoms with E-state index in [9.17, 15) is 0 Å². The Kier molecular flexibility index (Phi) is 3.47. The van der Waals surface area contributed by atoms with E-state index in [0.29, 0.717) is 0 Å². The summed E-state index contributed by atoms with van der Waals surface area (Å²) in [5.74, 6) is 2.18. The van der Waals surface area contributed by atoms with E-state index in [4.69, 9.17) is 0 Å². The van der Waals surface area contributed by atoms with Crippen LogP contribution in [0.25, 0.3) is 0 Å². The Hall–Kier alpha value is -0.0400. The van der Waals surface area contributed by atoms with Gasteiger partial charge in [0.05, 0.1) is 0 Å². The minimum absolute atomic E-state index is 0.726. The van der Waals surface area contributed by atoms with Gasteiger partial charge in [-0.1, -0.05) is 32.6 Å². The summed E-state index contributed by atoms with van der Waals surface area (Å²) in [7, 11) is 0. The van der Waals surface area contributed by atoms with Gasteiger partial charge in [-0.3, -0.25) is 0 Å². The molecular weight excluding hydrogens is 206 g/mol. The van der Waals surface area contributed by atoms with Crippen molar-refractivity contribution in [3.63, 3.8) is 0 Å². The third-order valence-corrected chi connectivity index (χ3v) is 6.01. The summed E-state index contributed by atoms with van der Waals surface area (Å²) in [6.07, 6.45) is 14.9. The fourth-order valence-corrected chi connectivity index (χ4v) is 4.25. The fraction of sp³-hybridized carbons (Fsp3) is 1.00. The van der Waals surface area contributed by atoms with Crippen LogP contribution < -0.4 is 5.32 Å². The maximum Gasteiger partial charge on any atom is 0.00701 e. The number of hydrogen-bond acceptors (Lipinski definition) is 1. The Labute approximate surface area is 107 Å². The van der Waals surface area contributed by atoms with Gasteiger partial charge in [-0.2, -0.15) is 0 Å². The summed E-state index contributed by atoms with van der Waals surface area (Å²) in [4.78, 5) is 0. The molecule has 0 aliphatic heterocycles. The van der Waals surface area contributed by atoms with Crippen LogP contribution >= 0.6 is 0 Å². The topological polar surface area (TPSA) is 12.0 Å². The highest BCUT2D eigenvalue weighted by atomic mass is 14.9. The standard InChI is InChI=1S/C16H29N/c1-2-16(9-10-16)12-17-15-8-7-13-5-3-4-6-14(13)11-15/h13-15,17H,2-12H2,1H3. The molecule has 0 radical (unpaired) electrons. The Balaban J connectivity index is 1.46. The van der Waals surface area contributed by atoms with Gasteiger partial charge in [0, 0.05) is 12.6 Å². The lowest BCUT2D eigenvalue weighted by Gasteiger charge is -2.40. The largest absolute Gasteiger partial charge is 0.313 e. The van der Waals surface area contributed by atoms with E-state index >= 15 is 0 Å². The van der Waals surface area contributed by atoms with Crippen molar-refractivity contribution in [3.8, 4) is 0 Å². The van der Waals surface area contributed by atoms with Crippen molar-refractivity contribution in [1.82, 2.24) is 5.32 Å². The molecule has 3 unspecified atom stereocenters. The number of hydrogen-bond donors (Lipinski definition) is 1. The Morgan fingerprint density at radius 1 is 1.00 bits per heavy atom. The number of fused-ring (bicyclic) bond motifs is 1. The average Bonchev–Trinajstić information content (AvgIpc) is 3.17. The molecule has 1 nitrogen and oxygen atoms in total. The van der Waals surface area contributed by atoms with Crippen LogP contribution in [0.1, 0.15) is 71.1 Å². The van der Waals surface area contributed by atoms with Gasteiger partial charge in [-0.15, -0.1) is 0 Å². The molecule has 3 atom stereocenters. The van der Waals surface area contributed by atoms with Crippen molar-refractivity contribution in [2.75, 3.05) is 6.54 Å². The molecule has 0 bridgehead atoms. The molecule has 0 aromatic carbocycles. The van der Waals surface area contributed by atoms with E-state index in [1.54, 1.807) is 0 Å². The van der Waals surface area contributed by atoms with Crippen molar-refractivity contribution in [1.29, 1.82) is 0 Å². The van der Waals surface area contributed by atoms with Gasteiger partial charge >= 0.3 is 0 Å². The van der Waals surface area contributed by atoms with E-state index < -0.39 is 0 Å². The highest BCUT2D eigenvalue weighted by Crippen LogP contribution is 2.48. The van der Waals surface area contributed by atoms with Gasteiger partial charge in [-0.05, 0) is 55.8 Å². The number of rotatable bonds is 4. The molecule has 0 spiro atoms. The van der Waals surface area contributed by atoms with Gasteiger partial charge in [0.15, 0.2) is 0 Å². The second-order valence-corrected chi connectivity index (χ2v) is 7.05. The molecule has 3 fully saturated rings. The predicted molar refractivity (Wildman–Crippen MR) is 73.0 cm³/mol. The minimum atomic E-state index is 0.726. The van der Waals surface area contributed by atoms with Gasteiger partial charge < -0.3 is 5.32 Å². The molecule has 3 saturated carbocycles. The number of nitrogens with one attached hydrogen (secondary N) is 1. The van der Waals surface area contributed by atoms with Crippen LogP contribution in [-0.4, -0.2) is 12.6 Å². The SMILES string of the molecule is CCC1(CNC2CCC3CCCCC3C2)CC1. The molecule has 3 rings (SSSR count). The summed E-state index contributed by atoms with van der Waals surface area (Å²) < 4.78 is 0. The fourth-order valence-electron chi connectivity index (χ4n) is 4.25. The zero-order valence-electron chi connectivity index (χ0n) is 11.5. The first-order valence-corrected chi connectivity index (χ1v) is 8.05. The maximum atomic E-state index is 3.91. The third kappa shape index (κ3) is 2.70. The van der Waals surface area contributed by atoms with Crippen LogP contribution in [0, 0.1) is 17.3 Å². The molecule has 0 aromatic rings. The average molecular weight is 235 g/mol. The molecule has 1 N–H and O–H groups in total. The van der Waals surface area contributed by atoms with Crippen LogP contribution in [0.3, 0.4) is 0 Å². The predicted octanol–water partition coefficient (Wildman–Crippen LogP) is 4.13. The summed E-state index contributed by atoms with van der Waals surface area (Å²) >= 11 is 0. The van der Waals surface area contributed by atoms with Crippen molar-refractivity contribution >= 4 is 0 Å². The molecule has 3 aliphatic rings. The second-order valence-electron chi connectivity index (χ2n) is 7.05. The molecule has 0 aromatic heterocycles. The first-order valence-electron chi connectivity index (χ1n) is 8.05. The molecule has 98 valence electrons. The molecular formula is C16H29N. The quantitative estimate of drug-likeness (QED) is 0.772. The lowest BCUT2D eigenvalue weighted by atomic mass is 9.69. The highest BCUT2D eigenvalue weighted by Gasteiger charge is 2.41. The minimum Gasteiger partial charge on any atom is -0.313 e. The van der Waals surface area contributed by atoms with E-state index in [1.165, 1.54) is 70.8 Å². The van der Waals surface area contributed by atoms with E-state index in [2.05, 4.69) is 12.2 Å². The van der Waals surface area contributed by atoms with Gasteiger partial charge in [-0.25, -0.2) is 0 Å². The molecule has 17 heavy (non-hydrogen) atoms. The maximum absolute atomic E-state index is 3.91. The van der Waals surface area contributed by atoms with Crippen LogP contribution in [0.5, 0.6) is 0 Å². The zero-order valence-corrected chi connectivity index (χ0v) is 11.5. The summed E-state index contributed by atoms with van der Waals surface area (Å²) in [5.41, 5.74) is 0.726. The van der Waals surface area contributed by atoms with Crippen LogP contribution in [0.2, 0.25) is 0 Å². The molecule has 0 saturated heterocycles. The zero-order chi connectivity index (χ0) is 11.7. The Bertz CT molecular complexity index is 256. The summed E-state index contributed by atoms with van der Waals surface area (Å²) in [6.45, 7) is 3.68. The normalized spacial score (nSPS) is 39.7. The molecule has 1 heteroatoms. The van der Waals surface area contributed by atoms with Gasteiger partial charge in [0.2, 0.25) is 0 Å². The Morgan fingerprint density at radius 2 is 1.76 bits per heavy atom.